The molecule has 0 saturated carbocycles. The maximum Gasteiger partial charge on any atom is 0.152 e. The Morgan fingerprint density at radius 2 is 2.19 bits per heavy atom. The molecule has 1 aromatic carbocycles. The molecule has 2 heterocycles. The summed E-state index contributed by atoms with van der Waals surface area (Å²) in [4.78, 5) is 0. The van der Waals surface area contributed by atoms with E-state index in [0.29, 0.717) is 13.0 Å². The van der Waals surface area contributed by atoms with E-state index < -0.39 is 9.84 Å². The van der Waals surface area contributed by atoms with Gasteiger partial charge in [-0.1, -0.05) is 12.1 Å². The molecular formula is C14H16BrN3O2S. The average Bonchev–Trinajstić information content (AvgIpc) is 3.04. The number of para-hydroxylation sites is 1. The number of hydrogen-bond donors (Lipinski definition) is 1. The van der Waals surface area contributed by atoms with Gasteiger partial charge in [0.25, 0.3) is 0 Å². The fourth-order valence-electron chi connectivity index (χ4n) is 2.45. The molecule has 5 nitrogen and oxygen atoms in total. The molecule has 1 N–H and O–H groups in total. The monoisotopic (exact) mass is 369 g/mol. The van der Waals surface area contributed by atoms with Crippen molar-refractivity contribution in [3.8, 4) is 0 Å². The summed E-state index contributed by atoms with van der Waals surface area (Å²) in [6.45, 7) is 0.655. The second kappa shape index (κ2) is 5.81. The van der Waals surface area contributed by atoms with Gasteiger partial charge in [-0.15, -0.1) is 0 Å². The Kier molecular flexibility index (Phi) is 4.03. The van der Waals surface area contributed by atoms with Crippen LogP contribution in [0.25, 0.3) is 0 Å². The number of hydrogen-bond acceptors (Lipinski definition) is 4. The van der Waals surface area contributed by atoms with Gasteiger partial charge in [0.05, 0.1) is 23.7 Å². The second-order valence-corrected chi connectivity index (χ2v) is 8.30. The molecule has 1 fully saturated rings. The third-order valence-electron chi connectivity index (χ3n) is 3.59. The van der Waals surface area contributed by atoms with Crippen molar-refractivity contribution < 1.29 is 8.42 Å². The number of benzene rings is 1. The average molecular weight is 370 g/mol. The van der Waals surface area contributed by atoms with E-state index in [2.05, 4.69) is 26.3 Å². The topological polar surface area (TPSA) is 64.0 Å². The first-order valence-corrected chi connectivity index (χ1v) is 9.37. The van der Waals surface area contributed by atoms with E-state index >= 15 is 0 Å². The van der Waals surface area contributed by atoms with Crippen molar-refractivity contribution in [1.29, 1.82) is 0 Å². The molecule has 0 amide bonds. The van der Waals surface area contributed by atoms with Crippen molar-refractivity contribution in [2.75, 3.05) is 16.8 Å². The Bertz CT molecular complexity index is 742. The van der Waals surface area contributed by atoms with E-state index in [4.69, 9.17) is 0 Å². The fourth-order valence-corrected chi connectivity index (χ4v) is 4.58. The van der Waals surface area contributed by atoms with Gasteiger partial charge < -0.3 is 5.32 Å². The lowest BCUT2D eigenvalue weighted by molar-refractivity contribution is 0.499. The Morgan fingerprint density at radius 1 is 1.38 bits per heavy atom. The molecule has 0 aliphatic carbocycles. The van der Waals surface area contributed by atoms with Crippen molar-refractivity contribution in [3.05, 3.63) is 46.7 Å². The lowest BCUT2D eigenvalue weighted by atomic mass is 10.2. The second-order valence-electron chi connectivity index (χ2n) is 5.22. The van der Waals surface area contributed by atoms with Crippen molar-refractivity contribution >= 4 is 31.5 Å². The number of nitrogens with zero attached hydrogens (tertiary/aromatic N) is 2. The molecule has 1 unspecified atom stereocenters. The van der Waals surface area contributed by atoms with E-state index in [1.165, 1.54) is 0 Å². The highest BCUT2D eigenvalue weighted by Crippen LogP contribution is 2.24. The molecule has 112 valence electrons. The smallest absolute Gasteiger partial charge is 0.152 e. The van der Waals surface area contributed by atoms with Gasteiger partial charge in [0.2, 0.25) is 0 Å². The summed E-state index contributed by atoms with van der Waals surface area (Å²) in [5.41, 5.74) is 2.06. The molecule has 1 aromatic heterocycles. The highest BCUT2D eigenvalue weighted by molar-refractivity contribution is 9.10. The largest absolute Gasteiger partial charge is 0.380 e. The Morgan fingerprint density at radius 3 is 2.90 bits per heavy atom. The normalized spacial score (nSPS) is 20.5. The van der Waals surface area contributed by atoms with Crippen LogP contribution in [-0.2, 0) is 16.4 Å². The highest BCUT2D eigenvalue weighted by Gasteiger charge is 2.29. The standard InChI is InChI=1S/C14H16BrN3O2S/c15-13-3-1-2-4-14(13)16-7-11-8-17-18(9-11)12-5-6-21(19,20)10-12/h1-4,8-9,12,16H,5-7,10H2. The molecule has 3 rings (SSSR count). The Hall–Kier alpha value is -1.34. The summed E-state index contributed by atoms with van der Waals surface area (Å²) >= 11 is 3.49. The molecule has 2 aromatic rings. The predicted molar refractivity (Wildman–Crippen MR) is 86.0 cm³/mol. The summed E-state index contributed by atoms with van der Waals surface area (Å²) < 4.78 is 25.8. The summed E-state index contributed by atoms with van der Waals surface area (Å²) in [5.74, 6) is 0.466. The van der Waals surface area contributed by atoms with Crippen LogP contribution < -0.4 is 5.32 Å². The number of sulfone groups is 1. The van der Waals surface area contributed by atoms with Gasteiger partial charge in [0.1, 0.15) is 0 Å². The third kappa shape index (κ3) is 3.47. The molecule has 1 aliphatic heterocycles. The van der Waals surface area contributed by atoms with Crippen LogP contribution in [0.3, 0.4) is 0 Å². The highest BCUT2D eigenvalue weighted by atomic mass is 79.9. The number of anilines is 1. The van der Waals surface area contributed by atoms with Gasteiger partial charge in [-0.25, -0.2) is 8.42 Å². The van der Waals surface area contributed by atoms with E-state index in [1.54, 1.807) is 10.9 Å². The van der Waals surface area contributed by atoms with Crippen LogP contribution in [0.1, 0.15) is 18.0 Å². The third-order valence-corrected chi connectivity index (χ3v) is 6.04. The van der Waals surface area contributed by atoms with Crippen LogP contribution in [0.5, 0.6) is 0 Å². The molecule has 0 spiro atoms. The first-order chi connectivity index (χ1) is 10.0. The van der Waals surface area contributed by atoms with Crippen molar-refractivity contribution in [2.45, 2.75) is 19.0 Å². The number of aromatic nitrogens is 2. The van der Waals surface area contributed by atoms with Gasteiger partial charge in [-0.05, 0) is 34.5 Å². The minimum atomic E-state index is -2.88. The summed E-state index contributed by atoms with van der Waals surface area (Å²) in [6.07, 6.45) is 4.37. The first kappa shape index (κ1) is 14.6. The molecule has 0 radical (unpaired) electrons. The summed E-state index contributed by atoms with van der Waals surface area (Å²) in [6, 6.07) is 7.90. The van der Waals surface area contributed by atoms with Gasteiger partial charge in [0, 0.05) is 28.5 Å². The lowest BCUT2D eigenvalue weighted by Gasteiger charge is -2.08. The van der Waals surface area contributed by atoms with E-state index in [0.717, 1.165) is 15.7 Å². The predicted octanol–water partition coefficient (Wildman–Crippen LogP) is 2.62. The van der Waals surface area contributed by atoms with Crippen LogP contribution in [-0.4, -0.2) is 29.7 Å². The lowest BCUT2D eigenvalue weighted by Crippen LogP contribution is -2.11. The fraction of sp³-hybridized carbons (Fsp3) is 0.357. The molecule has 1 aliphatic rings. The van der Waals surface area contributed by atoms with E-state index in [1.807, 2.05) is 30.5 Å². The number of halogens is 1. The first-order valence-electron chi connectivity index (χ1n) is 6.75. The Labute approximate surface area is 132 Å². The van der Waals surface area contributed by atoms with Gasteiger partial charge in [0.15, 0.2) is 9.84 Å². The summed E-state index contributed by atoms with van der Waals surface area (Å²) in [5, 5.41) is 7.63. The van der Waals surface area contributed by atoms with Crippen LogP contribution in [0.2, 0.25) is 0 Å². The maximum absolute atomic E-state index is 11.5. The Balaban J connectivity index is 1.65. The van der Waals surface area contributed by atoms with E-state index in [9.17, 15) is 8.42 Å². The maximum atomic E-state index is 11.5. The SMILES string of the molecule is O=S1(=O)CCC(n2cc(CNc3ccccc3Br)cn2)C1. The summed E-state index contributed by atoms with van der Waals surface area (Å²) in [7, 11) is -2.88. The molecule has 1 saturated heterocycles. The minimum Gasteiger partial charge on any atom is -0.380 e. The van der Waals surface area contributed by atoms with Crippen molar-refractivity contribution in [2.24, 2.45) is 0 Å². The molecular weight excluding hydrogens is 354 g/mol. The zero-order valence-electron chi connectivity index (χ0n) is 11.4. The molecule has 0 bridgehead atoms. The molecule has 21 heavy (non-hydrogen) atoms. The molecule has 7 heteroatoms. The van der Waals surface area contributed by atoms with Gasteiger partial charge >= 0.3 is 0 Å². The number of nitrogens with one attached hydrogen (secondary N) is 1. The zero-order valence-corrected chi connectivity index (χ0v) is 13.8. The van der Waals surface area contributed by atoms with Crippen LogP contribution >= 0.6 is 15.9 Å². The van der Waals surface area contributed by atoms with Crippen molar-refractivity contribution in [3.63, 3.8) is 0 Å². The zero-order chi connectivity index (χ0) is 14.9. The number of rotatable bonds is 4. The molecule has 1 atom stereocenters. The van der Waals surface area contributed by atoms with Crippen LogP contribution in [0.4, 0.5) is 5.69 Å². The van der Waals surface area contributed by atoms with Gasteiger partial charge in [-0.3, -0.25) is 4.68 Å². The van der Waals surface area contributed by atoms with Crippen molar-refractivity contribution in [1.82, 2.24) is 9.78 Å². The van der Waals surface area contributed by atoms with Crippen LogP contribution in [0.15, 0.2) is 41.1 Å². The van der Waals surface area contributed by atoms with E-state index in [-0.39, 0.29) is 17.5 Å². The van der Waals surface area contributed by atoms with Crippen LogP contribution in [0, 0.1) is 0 Å². The van der Waals surface area contributed by atoms with Gasteiger partial charge in [-0.2, -0.15) is 5.10 Å². The minimum absolute atomic E-state index is 0.0211. The quantitative estimate of drug-likeness (QED) is 0.899.